The van der Waals surface area contributed by atoms with Gasteiger partial charge in [-0.05, 0) is 50.3 Å². The molecule has 4 heteroatoms. The minimum absolute atomic E-state index is 0.0395. The fraction of sp³-hybridized carbons (Fsp3) is 0.579. The maximum Gasteiger partial charge on any atom is 0.220 e. The largest absolute Gasteiger partial charge is 0.441 e. The first kappa shape index (κ1) is 17.5. The van der Waals surface area contributed by atoms with Gasteiger partial charge in [0.15, 0.2) is 11.5 Å². The van der Waals surface area contributed by atoms with E-state index in [1.54, 1.807) is 0 Å². The van der Waals surface area contributed by atoms with E-state index in [1.807, 2.05) is 25.1 Å². The van der Waals surface area contributed by atoms with Crippen LogP contribution in [0, 0.1) is 12.3 Å². The fourth-order valence-electron chi connectivity index (χ4n) is 3.22. The van der Waals surface area contributed by atoms with Gasteiger partial charge >= 0.3 is 0 Å². The number of nitrogens with zero attached hydrogens (tertiary/aromatic N) is 1. The summed E-state index contributed by atoms with van der Waals surface area (Å²) in [4.78, 5) is 16.7. The van der Waals surface area contributed by atoms with Gasteiger partial charge in [-0.3, -0.25) is 4.79 Å². The third kappa shape index (κ3) is 5.38. The Morgan fingerprint density at radius 1 is 1.22 bits per heavy atom. The average Bonchev–Trinajstić information content (AvgIpc) is 2.74. The summed E-state index contributed by atoms with van der Waals surface area (Å²) in [6.07, 6.45) is 1.83. The first-order chi connectivity index (χ1) is 10.5. The minimum Gasteiger partial charge on any atom is -0.441 e. The number of carbonyl (C=O) groups excluding carboxylic acids is 1. The summed E-state index contributed by atoms with van der Waals surface area (Å²) in [5.41, 5.74) is 2.74. The fourth-order valence-corrected chi connectivity index (χ4v) is 3.22. The summed E-state index contributed by atoms with van der Waals surface area (Å²) in [6, 6.07) is 5.92. The van der Waals surface area contributed by atoms with Crippen LogP contribution in [0.25, 0.3) is 11.1 Å². The van der Waals surface area contributed by atoms with Gasteiger partial charge in [0.2, 0.25) is 5.91 Å². The molecule has 0 bridgehead atoms. The Hall–Kier alpha value is -1.84. The lowest BCUT2D eigenvalue weighted by Crippen LogP contribution is -2.45. The zero-order valence-electron chi connectivity index (χ0n) is 15.1. The number of fused-ring (bicyclic) bond motifs is 1. The molecule has 4 nitrogen and oxygen atoms in total. The molecule has 2 rings (SSSR count). The van der Waals surface area contributed by atoms with Gasteiger partial charge in [-0.2, -0.15) is 0 Å². The van der Waals surface area contributed by atoms with Crippen LogP contribution >= 0.6 is 0 Å². The first-order valence-electron chi connectivity index (χ1n) is 8.21. The van der Waals surface area contributed by atoms with E-state index in [4.69, 9.17) is 4.42 Å². The molecule has 1 heterocycles. The van der Waals surface area contributed by atoms with Gasteiger partial charge in [0, 0.05) is 18.4 Å². The highest BCUT2D eigenvalue weighted by Gasteiger charge is 2.26. The Morgan fingerprint density at radius 2 is 1.91 bits per heavy atom. The van der Waals surface area contributed by atoms with E-state index in [1.165, 1.54) is 0 Å². The van der Waals surface area contributed by atoms with E-state index < -0.39 is 0 Å². The number of aromatic nitrogens is 1. The number of aryl methyl sites for hydroxylation is 2. The molecule has 0 aliphatic heterocycles. The smallest absolute Gasteiger partial charge is 0.220 e. The summed E-state index contributed by atoms with van der Waals surface area (Å²) in [5.74, 6) is 0.659. The molecule has 0 aliphatic carbocycles. The van der Waals surface area contributed by atoms with Gasteiger partial charge in [-0.1, -0.05) is 26.8 Å². The number of hydrogen-bond donors (Lipinski definition) is 1. The third-order valence-electron chi connectivity index (χ3n) is 3.60. The van der Waals surface area contributed by atoms with E-state index in [9.17, 15) is 4.79 Å². The summed E-state index contributed by atoms with van der Waals surface area (Å²) in [7, 11) is 0. The lowest BCUT2D eigenvalue weighted by molar-refractivity contribution is -0.123. The van der Waals surface area contributed by atoms with Crippen molar-refractivity contribution < 1.29 is 9.21 Å². The SMILES string of the molecule is Cc1ccc2oc(CCC(=O)NC(C)(C)CC(C)(C)C)nc2c1. The van der Waals surface area contributed by atoms with Gasteiger partial charge in [0.25, 0.3) is 0 Å². The van der Waals surface area contributed by atoms with Crippen molar-refractivity contribution >= 4 is 17.0 Å². The standard InChI is InChI=1S/C19H28N2O2/c1-13-7-8-15-14(11-13)20-17(23-15)10-9-16(22)21-19(5,6)12-18(2,3)4/h7-8,11H,9-10,12H2,1-6H3,(H,21,22). The van der Waals surface area contributed by atoms with E-state index >= 15 is 0 Å². The molecule has 1 aromatic carbocycles. The zero-order chi connectivity index (χ0) is 17.3. The number of hydrogen-bond acceptors (Lipinski definition) is 3. The van der Waals surface area contributed by atoms with Crippen LogP contribution in [0.3, 0.4) is 0 Å². The van der Waals surface area contributed by atoms with Crippen molar-refractivity contribution in [3.63, 3.8) is 0 Å². The molecule has 0 aliphatic rings. The minimum atomic E-state index is -0.215. The maximum absolute atomic E-state index is 12.2. The van der Waals surface area contributed by atoms with Crippen molar-refractivity contribution in [2.75, 3.05) is 0 Å². The Morgan fingerprint density at radius 3 is 2.57 bits per heavy atom. The predicted octanol–water partition coefficient (Wildman–Crippen LogP) is 4.40. The highest BCUT2D eigenvalue weighted by molar-refractivity contribution is 5.77. The third-order valence-corrected chi connectivity index (χ3v) is 3.60. The topological polar surface area (TPSA) is 55.1 Å². The molecule has 1 N–H and O–H groups in total. The van der Waals surface area contributed by atoms with Crippen molar-refractivity contribution in [2.45, 2.75) is 66.3 Å². The van der Waals surface area contributed by atoms with Gasteiger partial charge in [-0.15, -0.1) is 0 Å². The van der Waals surface area contributed by atoms with Crippen LogP contribution in [-0.4, -0.2) is 16.4 Å². The number of amides is 1. The normalized spacial score (nSPS) is 12.6. The molecular weight excluding hydrogens is 288 g/mol. The molecule has 1 amide bonds. The Bertz CT molecular complexity index is 693. The van der Waals surface area contributed by atoms with E-state index in [0.29, 0.717) is 18.7 Å². The lowest BCUT2D eigenvalue weighted by atomic mass is 9.82. The average molecular weight is 316 g/mol. The van der Waals surface area contributed by atoms with Crippen LogP contribution in [0.4, 0.5) is 0 Å². The Labute approximate surface area is 138 Å². The van der Waals surface area contributed by atoms with Crippen molar-refractivity contribution in [1.82, 2.24) is 10.3 Å². The summed E-state index contributed by atoms with van der Waals surface area (Å²) < 4.78 is 5.69. The second-order valence-electron chi connectivity index (χ2n) is 8.25. The van der Waals surface area contributed by atoms with Crippen molar-refractivity contribution in [3.05, 3.63) is 29.7 Å². The van der Waals surface area contributed by atoms with Gasteiger partial charge in [-0.25, -0.2) is 4.98 Å². The second kappa shape index (κ2) is 6.34. The molecule has 0 unspecified atom stereocenters. The van der Waals surface area contributed by atoms with E-state index in [0.717, 1.165) is 23.1 Å². The van der Waals surface area contributed by atoms with Crippen LogP contribution in [-0.2, 0) is 11.2 Å². The Balaban J connectivity index is 1.92. The maximum atomic E-state index is 12.2. The highest BCUT2D eigenvalue weighted by atomic mass is 16.3. The molecule has 0 radical (unpaired) electrons. The van der Waals surface area contributed by atoms with Crippen LogP contribution in [0.15, 0.2) is 22.6 Å². The van der Waals surface area contributed by atoms with Crippen LogP contribution in [0.1, 0.15) is 58.9 Å². The van der Waals surface area contributed by atoms with Crippen molar-refractivity contribution in [2.24, 2.45) is 5.41 Å². The molecule has 23 heavy (non-hydrogen) atoms. The first-order valence-corrected chi connectivity index (χ1v) is 8.21. The zero-order valence-corrected chi connectivity index (χ0v) is 15.1. The van der Waals surface area contributed by atoms with Crippen molar-refractivity contribution in [1.29, 1.82) is 0 Å². The van der Waals surface area contributed by atoms with Gasteiger partial charge in [0.05, 0.1) is 0 Å². The molecule has 1 aromatic heterocycles. The van der Waals surface area contributed by atoms with Gasteiger partial charge < -0.3 is 9.73 Å². The summed E-state index contributed by atoms with van der Waals surface area (Å²) in [6.45, 7) is 12.7. The quantitative estimate of drug-likeness (QED) is 0.889. The predicted molar refractivity (Wildman–Crippen MR) is 93.4 cm³/mol. The highest BCUT2D eigenvalue weighted by Crippen LogP contribution is 2.27. The number of carbonyl (C=O) groups is 1. The molecule has 0 spiro atoms. The Kier molecular flexibility index (Phi) is 4.83. The van der Waals surface area contributed by atoms with Crippen molar-refractivity contribution in [3.8, 4) is 0 Å². The molecule has 126 valence electrons. The molecule has 0 saturated carbocycles. The second-order valence-corrected chi connectivity index (χ2v) is 8.25. The monoisotopic (exact) mass is 316 g/mol. The lowest BCUT2D eigenvalue weighted by Gasteiger charge is -2.33. The van der Waals surface area contributed by atoms with E-state index in [2.05, 4.69) is 44.9 Å². The van der Waals surface area contributed by atoms with Gasteiger partial charge in [0.1, 0.15) is 5.52 Å². The molecule has 0 atom stereocenters. The number of nitrogens with one attached hydrogen (secondary N) is 1. The molecule has 0 saturated heterocycles. The summed E-state index contributed by atoms with van der Waals surface area (Å²) >= 11 is 0. The van der Waals surface area contributed by atoms with Crippen LogP contribution in [0.5, 0.6) is 0 Å². The summed E-state index contributed by atoms with van der Waals surface area (Å²) in [5, 5.41) is 3.12. The number of oxazole rings is 1. The van der Waals surface area contributed by atoms with Crippen LogP contribution < -0.4 is 5.32 Å². The number of benzene rings is 1. The molecular formula is C19H28N2O2. The van der Waals surface area contributed by atoms with Crippen LogP contribution in [0.2, 0.25) is 0 Å². The molecule has 2 aromatic rings. The molecule has 0 fully saturated rings. The number of rotatable bonds is 5. The van der Waals surface area contributed by atoms with E-state index in [-0.39, 0.29) is 16.9 Å².